The quantitative estimate of drug-likeness (QED) is 0.778. The van der Waals surface area contributed by atoms with E-state index in [9.17, 15) is 0 Å². The van der Waals surface area contributed by atoms with Gasteiger partial charge in [0.05, 0.1) is 12.2 Å². The molecule has 0 saturated carbocycles. The number of nitrogens with one attached hydrogen (secondary N) is 1. The minimum absolute atomic E-state index is 0.0541. The molecular formula is C15H25NO. The van der Waals surface area contributed by atoms with Crippen LogP contribution < -0.4 is 5.32 Å². The fourth-order valence-corrected chi connectivity index (χ4v) is 1.56. The molecule has 0 amide bonds. The highest BCUT2D eigenvalue weighted by atomic mass is 16.5. The molecule has 0 aromatic heterocycles. The summed E-state index contributed by atoms with van der Waals surface area (Å²) in [6.07, 6.45) is 0. The number of hydrogen-bond acceptors (Lipinski definition) is 2. The molecule has 1 rings (SSSR count). The maximum Gasteiger partial charge on any atom is 0.0646 e. The molecule has 1 aromatic carbocycles. The SMILES string of the molecule is CC(C)c1cccc(NCCOC(C)(C)C)c1. The van der Waals surface area contributed by atoms with Gasteiger partial charge in [-0.3, -0.25) is 0 Å². The molecule has 0 unspecified atom stereocenters. The summed E-state index contributed by atoms with van der Waals surface area (Å²) in [7, 11) is 0. The van der Waals surface area contributed by atoms with Gasteiger partial charge in [0.1, 0.15) is 0 Å². The first kappa shape index (κ1) is 14.0. The van der Waals surface area contributed by atoms with Crippen LogP contribution in [0.3, 0.4) is 0 Å². The van der Waals surface area contributed by atoms with Gasteiger partial charge in [0.25, 0.3) is 0 Å². The Morgan fingerprint density at radius 3 is 2.53 bits per heavy atom. The molecule has 0 aliphatic rings. The van der Waals surface area contributed by atoms with Gasteiger partial charge >= 0.3 is 0 Å². The summed E-state index contributed by atoms with van der Waals surface area (Å²) in [6, 6.07) is 8.58. The van der Waals surface area contributed by atoms with Crippen LogP contribution in [-0.4, -0.2) is 18.8 Å². The Morgan fingerprint density at radius 1 is 1.24 bits per heavy atom. The van der Waals surface area contributed by atoms with Gasteiger partial charge in [-0.1, -0.05) is 26.0 Å². The summed E-state index contributed by atoms with van der Waals surface area (Å²) in [5, 5.41) is 3.39. The predicted molar refractivity (Wildman–Crippen MR) is 74.7 cm³/mol. The van der Waals surface area contributed by atoms with Crippen LogP contribution in [0.15, 0.2) is 24.3 Å². The first-order valence-corrected chi connectivity index (χ1v) is 6.36. The second-order valence-electron chi connectivity index (χ2n) is 5.67. The minimum atomic E-state index is -0.0541. The van der Waals surface area contributed by atoms with Crippen LogP contribution in [0.4, 0.5) is 5.69 Å². The molecule has 0 aliphatic heterocycles. The highest BCUT2D eigenvalue weighted by molar-refractivity contribution is 5.46. The number of rotatable bonds is 5. The van der Waals surface area contributed by atoms with E-state index < -0.39 is 0 Å². The Hall–Kier alpha value is -1.02. The molecule has 1 N–H and O–H groups in total. The van der Waals surface area contributed by atoms with Crippen molar-refractivity contribution in [2.45, 2.75) is 46.1 Å². The highest BCUT2D eigenvalue weighted by Crippen LogP contribution is 2.18. The first-order chi connectivity index (χ1) is 7.88. The maximum atomic E-state index is 5.67. The molecule has 0 radical (unpaired) electrons. The molecule has 17 heavy (non-hydrogen) atoms. The van der Waals surface area contributed by atoms with Gasteiger partial charge in [0.15, 0.2) is 0 Å². The van der Waals surface area contributed by atoms with E-state index in [0.717, 1.165) is 13.2 Å². The van der Waals surface area contributed by atoms with Crippen LogP contribution in [0.2, 0.25) is 0 Å². The second kappa shape index (κ2) is 6.06. The molecule has 1 aromatic rings. The molecule has 0 saturated heterocycles. The van der Waals surface area contributed by atoms with Crippen LogP contribution in [0.1, 0.15) is 46.1 Å². The molecule has 0 bridgehead atoms. The van der Waals surface area contributed by atoms with Crippen molar-refractivity contribution in [3.8, 4) is 0 Å². The normalized spacial score (nSPS) is 11.9. The lowest BCUT2D eigenvalue weighted by Crippen LogP contribution is -2.23. The van der Waals surface area contributed by atoms with Crippen LogP contribution in [0, 0.1) is 0 Å². The largest absolute Gasteiger partial charge is 0.383 e. The van der Waals surface area contributed by atoms with Crippen LogP contribution in [-0.2, 0) is 4.74 Å². The van der Waals surface area contributed by atoms with E-state index in [2.05, 4.69) is 64.2 Å². The summed E-state index contributed by atoms with van der Waals surface area (Å²) >= 11 is 0. The fourth-order valence-electron chi connectivity index (χ4n) is 1.56. The van der Waals surface area contributed by atoms with Crippen molar-refractivity contribution in [2.24, 2.45) is 0 Å². The molecule has 2 heteroatoms. The third-order valence-electron chi connectivity index (χ3n) is 2.52. The number of hydrogen-bond donors (Lipinski definition) is 1. The Bertz CT molecular complexity index is 339. The third kappa shape index (κ3) is 5.73. The number of benzene rings is 1. The average molecular weight is 235 g/mol. The predicted octanol–water partition coefficient (Wildman–Crippen LogP) is 4.04. The van der Waals surface area contributed by atoms with Crippen molar-refractivity contribution in [3.05, 3.63) is 29.8 Å². The first-order valence-electron chi connectivity index (χ1n) is 6.36. The zero-order chi connectivity index (χ0) is 12.9. The monoisotopic (exact) mass is 235 g/mol. The van der Waals surface area contributed by atoms with Gasteiger partial charge in [0, 0.05) is 12.2 Å². The van der Waals surface area contributed by atoms with Crippen molar-refractivity contribution < 1.29 is 4.74 Å². The summed E-state index contributed by atoms with van der Waals surface area (Å²) in [5.41, 5.74) is 2.49. The van der Waals surface area contributed by atoms with Crippen molar-refractivity contribution in [1.82, 2.24) is 0 Å². The summed E-state index contributed by atoms with van der Waals surface area (Å²) in [5.74, 6) is 0.572. The van der Waals surface area contributed by atoms with Crippen molar-refractivity contribution in [1.29, 1.82) is 0 Å². The molecule has 0 heterocycles. The van der Waals surface area contributed by atoms with E-state index in [1.165, 1.54) is 11.3 Å². The van der Waals surface area contributed by atoms with E-state index in [0.29, 0.717) is 5.92 Å². The third-order valence-corrected chi connectivity index (χ3v) is 2.52. The van der Waals surface area contributed by atoms with Gasteiger partial charge in [-0.15, -0.1) is 0 Å². The summed E-state index contributed by atoms with van der Waals surface area (Å²) in [6.45, 7) is 12.2. The minimum Gasteiger partial charge on any atom is -0.383 e. The van der Waals surface area contributed by atoms with Gasteiger partial charge in [-0.05, 0) is 44.4 Å². The molecule has 0 aliphatic carbocycles. The Morgan fingerprint density at radius 2 is 1.94 bits per heavy atom. The zero-order valence-corrected chi connectivity index (χ0v) is 11.7. The Kier molecular flexibility index (Phi) is 5.01. The molecule has 0 fully saturated rings. The van der Waals surface area contributed by atoms with E-state index in [1.54, 1.807) is 0 Å². The lowest BCUT2D eigenvalue weighted by Gasteiger charge is -2.20. The standard InChI is InChI=1S/C15H25NO/c1-12(2)13-7-6-8-14(11-13)16-9-10-17-15(3,4)5/h6-8,11-12,16H,9-10H2,1-5H3. The smallest absolute Gasteiger partial charge is 0.0646 e. The van der Waals surface area contributed by atoms with E-state index in [-0.39, 0.29) is 5.60 Å². The molecule has 96 valence electrons. The fraction of sp³-hybridized carbons (Fsp3) is 0.600. The van der Waals surface area contributed by atoms with E-state index >= 15 is 0 Å². The number of anilines is 1. The second-order valence-corrected chi connectivity index (χ2v) is 5.67. The van der Waals surface area contributed by atoms with E-state index in [1.807, 2.05) is 0 Å². The Labute approximate surface area is 105 Å². The average Bonchev–Trinajstić information content (AvgIpc) is 2.23. The topological polar surface area (TPSA) is 21.3 Å². The van der Waals surface area contributed by atoms with Crippen molar-refractivity contribution in [2.75, 3.05) is 18.5 Å². The molecular weight excluding hydrogens is 210 g/mol. The van der Waals surface area contributed by atoms with Gasteiger partial charge < -0.3 is 10.1 Å². The lowest BCUT2D eigenvalue weighted by molar-refractivity contribution is 0.00333. The van der Waals surface area contributed by atoms with Crippen LogP contribution in [0.5, 0.6) is 0 Å². The van der Waals surface area contributed by atoms with Gasteiger partial charge in [0.2, 0.25) is 0 Å². The highest BCUT2D eigenvalue weighted by Gasteiger charge is 2.08. The lowest BCUT2D eigenvalue weighted by atomic mass is 10.0. The molecule has 0 atom stereocenters. The molecule has 2 nitrogen and oxygen atoms in total. The maximum absolute atomic E-state index is 5.67. The number of ether oxygens (including phenoxy) is 1. The summed E-state index contributed by atoms with van der Waals surface area (Å²) in [4.78, 5) is 0. The Balaban J connectivity index is 2.39. The zero-order valence-electron chi connectivity index (χ0n) is 11.7. The van der Waals surface area contributed by atoms with Crippen molar-refractivity contribution in [3.63, 3.8) is 0 Å². The van der Waals surface area contributed by atoms with Crippen LogP contribution in [0.25, 0.3) is 0 Å². The van der Waals surface area contributed by atoms with Crippen molar-refractivity contribution >= 4 is 5.69 Å². The van der Waals surface area contributed by atoms with Gasteiger partial charge in [-0.2, -0.15) is 0 Å². The van der Waals surface area contributed by atoms with E-state index in [4.69, 9.17) is 4.74 Å². The molecule has 0 spiro atoms. The van der Waals surface area contributed by atoms with Crippen LogP contribution >= 0.6 is 0 Å². The van der Waals surface area contributed by atoms with Gasteiger partial charge in [-0.25, -0.2) is 0 Å². The summed E-state index contributed by atoms with van der Waals surface area (Å²) < 4.78 is 5.67.